The lowest BCUT2D eigenvalue weighted by atomic mass is 10.2. The summed E-state index contributed by atoms with van der Waals surface area (Å²) in [7, 11) is 0. The van der Waals surface area contributed by atoms with E-state index < -0.39 is 15.5 Å². The Morgan fingerprint density at radius 2 is 2.00 bits per heavy atom. The number of aromatic nitrogens is 2. The summed E-state index contributed by atoms with van der Waals surface area (Å²) in [4.78, 5) is 15.6. The van der Waals surface area contributed by atoms with E-state index in [4.69, 9.17) is 34.8 Å². The van der Waals surface area contributed by atoms with Gasteiger partial charge in [-0.15, -0.1) is 0 Å². The number of rotatable bonds is 2. The van der Waals surface area contributed by atoms with Crippen LogP contribution in [-0.4, -0.2) is 15.3 Å². The SMILES string of the molecule is O=C(Nc1nc(C(Cl)(Cl)Cl)ns1)c1ccccc1F. The fraction of sp³-hybridized carbons (Fsp3) is 0.100. The topological polar surface area (TPSA) is 54.9 Å². The van der Waals surface area contributed by atoms with Crippen molar-refractivity contribution in [2.24, 2.45) is 0 Å². The Morgan fingerprint density at radius 3 is 2.58 bits per heavy atom. The molecule has 1 N–H and O–H groups in total. The third kappa shape index (κ3) is 3.54. The van der Waals surface area contributed by atoms with Gasteiger partial charge in [0.05, 0.1) is 5.56 Å². The van der Waals surface area contributed by atoms with Gasteiger partial charge in [-0.05, 0) is 12.1 Å². The van der Waals surface area contributed by atoms with E-state index in [9.17, 15) is 9.18 Å². The highest BCUT2D eigenvalue weighted by Gasteiger charge is 2.28. The Labute approximate surface area is 126 Å². The van der Waals surface area contributed by atoms with Gasteiger partial charge in [0.1, 0.15) is 5.82 Å². The number of carbonyl (C=O) groups is 1. The maximum Gasteiger partial charge on any atom is 0.260 e. The number of anilines is 1. The van der Waals surface area contributed by atoms with Crippen molar-refractivity contribution in [1.82, 2.24) is 9.36 Å². The highest BCUT2D eigenvalue weighted by atomic mass is 35.6. The average Bonchev–Trinajstić information content (AvgIpc) is 2.77. The molecule has 0 radical (unpaired) electrons. The normalized spacial score (nSPS) is 11.4. The smallest absolute Gasteiger partial charge is 0.260 e. The van der Waals surface area contributed by atoms with Crippen LogP contribution in [0.15, 0.2) is 24.3 Å². The van der Waals surface area contributed by atoms with Crippen molar-refractivity contribution in [3.05, 3.63) is 41.5 Å². The minimum Gasteiger partial charge on any atom is -0.296 e. The first kappa shape index (κ1) is 14.5. The molecule has 0 unspecified atom stereocenters. The molecular weight excluding hydrogens is 336 g/mol. The van der Waals surface area contributed by atoms with E-state index >= 15 is 0 Å². The molecule has 0 aliphatic carbocycles. The predicted molar refractivity (Wildman–Crippen MR) is 73.5 cm³/mol. The number of nitrogens with one attached hydrogen (secondary N) is 1. The van der Waals surface area contributed by atoms with Crippen molar-refractivity contribution >= 4 is 57.4 Å². The lowest BCUT2D eigenvalue weighted by molar-refractivity contribution is 0.102. The summed E-state index contributed by atoms with van der Waals surface area (Å²) in [6.07, 6.45) is 0. The van der Waals surface area contributed by atoms with Gasteiger partial charge in [0.15, 0.2) is 5.82 Å². The van der Waals surface area contributed by atoms with E-state index in [2.05, 4.69) is 14.7 Å². The van der Waals surface area contributed by atoms with Crippen molar-refractivity contribution < 1.29 is 9.18 Å². The van der Waals surface area contributed by atoms with Gasteiger partial charge < -0.3 is 0 Å². The van der Waals surface area contributed by atoms with E-state index in [0.717, 1.165) is 11.5 Å². The first-order valence-corrected chi connectivity index (χ1v) is 6.75. The van der Waals surface area contributed by atoms with Crippen LogP contribution in [0.25, 0.3) is 0 Å². The summed E-state index contributed by atoms with van der Waals surface area (Å²) in [5.74, 6) is -1.33. The third-order valence-electron chi connectivity index (χ3n) is 2.02. The predicted octanol–water partition coefficient (Wildman–Crippen LogP) is 3.76. The number of amides is 1. The molecule has 2 rings (SSSR count). The zero-order valence-electron chi connectivity index (χ0n) is 9.03. The van der Waals surface area contributed by atoms with Crippen LogP contribution in [0.2, 0.25) is 0 Å². The molecule has 1 aromatic heterocycles. The largest absolute Gasteiger partial charge is 0.296 e. The number of carbonyl (C=O) groups excluding carboxylic acids is 1. The lowest BCUT2D eigenvalue weighted by Gasteiger charge is -2.04. The van der Waals surface area contributed by atoms with Crippen LogP contribution in [0.3, 0.4) is 0 Å². The third-order valence-corrected chi connectivity index (χ3v) is 3.16. The maximum absolute atomic E-state index is 13.4. The van der Waals surface area contributed by atoms with Crippen LogP contribution in [0.1, 0.15) is 16.2 Å². The molecule has 1 heterocycles. The summed E-state index contributed by atoms with van der Waals surface area (Å²) in [6.45, 7) is 0. The van der Waals surface area contributed by atoms with Gasteiger partial charge in [0.2, 0.25) is 5.13 Å². The second-order valence-electron chi connectivity index (χ2n) is 3.35. The van der Waals surface area contributed by atoms with E-state index in [1.165, 1.54) is 18.2 Å². The monoisotopic (exact) mass is 339 g/mol. The van der Waals surface area contributed by atoms with Crippen LogP contribution in [-0.2, 0) is 3.79 Å². The van der Waals surface area contributed by atoms with Gasteiger partial charge in [-0.25, -0.2) is 4.39 Å². The molecule has 19 heavy (non-hydrogen) atoms. The van der Waals surface area contributed by atoms with Crippen molar-refractivity contribution in [2.75, 3.05) is 5.32 Å². The number of alkyl halides is 3. The Kier molecular flexibility index (Phi) is 4.25. The van der Waals surface area contributed by atoms with Crippen LogP contribution in [0.5, 0.6) is 0 Å². The second kappa shape index (κ2) is 5.58. The molecule has 1 amide bonds. The quantitative estimate of drug-likeness (QED) is 0.847. The molecule has 0 saturated heterocycles. The van der Waals surface area contributed by atoms with Crippen LogP contribution in [0.4, 0.5) is 9.52 Å². The van der Waals surface area contributed by atoms with Crippen LogP contribution in [0, 0.1) is 5.82 Å². The molecule has 0 atom stereocenters. The second-order valence-corrected chi connectivity index (χ2v) is 6.39. The number of nitrogens with zero attached hydrogens (tertiary/aromatic N) is 2. The van der Waals surface area contributed by atoms with E-state index in [-0.39, 0.29) is 16.5 Å². The number of hydrogen-bond acceptors (Lipinski definition) is 4. The van der Waals surface area contributed by atoms with Gasteiger partial charge in [-0.2, -0.15) is 9.36 Å². The first-order chi connectivity index (χ1) is 8.88. The molecule has 1 aromatic carbocycles. The van der Waals surface area contributed by atoms with Crippen LogP contribution < -0.4 is 5.32 Å². The molecule has 0 aliphatic heterocycles. The molecule has 100 valence electrons. The number of hydrogen-bond donors (Lipinski definition) is 1. The summed E-state index contributed by atoms with van der Waals surface area (Å²) in [5.41, 5.74) is -0.104. The van der Waals surface area contributed by atoms with Gasteiger partial charge in [0, 0.05) is 11.5 Å². The average molecular weight is 341 g/mol. The molecule has 2 aromatic rings. The zero-order chi connectivity index (χ0) is 14.0. The number of benzene rings is 1. The fourth-order valence-electron chi connectivity index (χ4n) is 1.20. The zero-order valence-corrected chi connectivity index (χ0v) is 12.1. The summed E-state index contributed by atoms with van der Waals surface area (Å²) in [5, 5.41) is 2.50. The van der Waals surface area contributed by atoms with Gasteiger partial charge in [-0.1, -0.05) is 46.9 Å². The minimum atomic E-state index is -1.77. The van der Waals surface area contributed by atoms with Gasteiger partial charge in [-0.3, -0.25) is 10.1 Å². The molecular formula is C10H5Cl3FN3OS. The lowest BCUT2D eigenvalue weighted by Crippen LogP contribution is -2.13. The standard InChI is InChI=1S/C10H5Cl3FN3OS/c11-10(12,13)8-16-9(19-17-8)15-7(18)5-3-1-2-4-6(5)14/h1-4H,(H,15,16,17,18). The van der Waals surface area contributed by atoms with Crippen LogP contribution >= 0.6 is 46.3 Å². The first-order valence-electron chi connectivity index (χ1n) is 4.84. The maximum atomic E-state index is 13.4. The molecule has 0 fully saturated rings. The highest BCUT2D eigenvalue weighted by molar-refractivity contribution is 7.10. The molecule has 0 spiro atoms. The van der Waals surface area contributed by atoms with E-state index in [0.29, 0.717) is 0 Å². The van der Waals surface area contributed by atoms with Crippen molar-refractivity contribution in [1.29, 1.82) is 0 Å². The summed E-state index contributed by atoms with van der Waals surface area (Å²) < 4.78 is 15.4. The summed E-state index contributed by atoms with van der Waals surface area (Å²) in [6, 6.07) is 5.56. The Morgan fingerprint density at radius 1 is 1.32 bits per heavy atom. The van der Waals surface area contributed by atoms with E-state index in [1.54, 1.807) is 6.07 Å². The summed E-state index contributed by atoms with van der Waals surface area (Å²) >= 11 is 17.6. The Balaban J connectivity index is 2.16. The molecule has 0 aliphatic rings. The van der Waals surface area contributed by atoms with Gasteiger partial charge in [0.25, 0.3) is 9.70 Å². The molecule has 0 saturated carbocycles. The Hall–Kier alpha value is -0.950. The molecule has 0 bridgehead atoms. The van der Waals surface area contributed by atoms with Crippen molar-refractivity contribution in [3.8, 4) is 0 Å². The van der Waals surface area contributed by atoms with Gasteiger partial charge >= 0.3 is 0 Å². The van der Waals surface area contributed by atoms with Crippen molar-refractivity contribution in [3.63, 3.8) is 0 Å². The molecule has 4 nitrogen and oxygen atoms in total. The minimum absolute atomic E-state index is 0.0497. The Bertz CT molecular complexity index is 614. The number of halogens is 4. The van der Waals surface area contributed by atoms with E-state index in [1.807, 2.05) is 0 Å². The molecule has 9 heteroatoms. The van der Waals surface area contributed by atoms with Crippen molar-refractivity contribution in [2.45, 2.75) is 3.79 Å². The highest BCUT2D eigenvalue weighted by Crippen LogP contribution is 2.37. The fourth-order valence-corrected chi connectivity index (χ4v) is 2.22.